The van der Waals surface area contributed by atoms with Gasteiger partial charge in [-0.05, 0) is 44.4 Å². The van der Waals surface area contributed by atoms with Crippen LogP contribution in [0.3, 0.4) is 0 Å². The van der Waals surface area contributed by atoms with Crippen molar-refractivity contribution in [3.05, 3.63) is 56.4 Å². The molecule has 0 bridgehead atoms. The number of hydrogen-bond donors (Lipinski definition) is 2. The van der Waals surface area contributed by atoms with Gasteiger partial charge in [0.25, 0.3) is 5.56 Å². The van der Waals surface area contributed by atoms with Crippen molar-refractivity contribution in [2.24, 2.45) is 0 Å². The number of H-pyrrole nitrogens is 1. The lowest BCUT2D eigenvalue weighted by Crippen LogP contribution is -2.16. The van der Waals surface area contributed by atoms with E-state index in [4.69, 9.17) is 4.74 Å². The lowest BCUT2D eigenvalue weighted by atomic mass is 10.1. The number of amides is 1. The standard InChI is InChI=1S/C22H25N3O4S/c1-4-14-13(3)30-21(19(14)22(28)29-5-2)25-18(26)12-8-11-17-23-16-10-7-6-9-15(16)20(27)24-17/h6-7,9-10H,4-5,8,11-12H2,1-3H3,(H,25,26)(H,23,24,27). The van der Waals surface area contributed by atoms with Crippen LogP contribution in [0.5, 0.6) is 0 Å². The number of aryl methyl sites for hydroxylation is 2. The van der Waals surface area contributed by atoms with E-state index < -0.39 is 5.97 Å². The van der Waals surface area contributed by atoms with Gasteiger partial charge in [0.05, 0.1) is 23.1 Å². The number of anilines is 1. The molecule has 30 heavy (non-hydrogen) atoms. The molecule has 1 aromatic carbocycles. The van der Waals surface area contributed by atoms with Crippen LogP contribution in [0.4, 0.5) is 5.00 Å². The van der Waals surface area contributed by atoms with Gasteiger partial charge in [-0.25, -0.2) is 9.78 Å². The molecule has 0 atom stereocenters. The number of carbonyl (C=O) groups is 2. The van der Waals surface area contributed by atoms with E-state index in [0.717, 1.165) is 10.4 Å². The van der Waals surface area contributed by atoms with E-state index in [9.17, 15) is 14.4 Å². The number of benzene rings is 1. The molecule has 158 valence electrons. The molecule has 0 fully saturated rings. The Labute approximate surface area is 178 Å². The first-order chi connectivity index (χ1) is 14.4. The number of thiophene rings is 1. The number of aromatic amines is 1. The molecule has 2 heterocycles. The predicted octanol–water partition coefficient (Wildman–Crippen LogP) is 3.99. The van der Waals surface area contributed by atoms with Crippen molar-refractivity contribution >= 4 is 39.1 Å². The Morgan fingerprint density at radius 2 is 2.00 bits per heavy atom. The van der Waals surface area contributed by atoms with E-state index in [0.29, 0.717) is 46.6 Å². The van der Waals surface area contributed by atoms with Crippen molar-refractivity contribution in [1.82, 2.24) is 9.97 Å². The van der Waals surface area contributed by atoms with E-state index in [2.05, 4.69) is 15.3 Å². The molecule has 2 aromatic heterocycles. The normalized spacial score (nSPS) is 10.9. The third-order valence-electron chi connectivity index (χ3n) is 4.77. The van der Waals surface area contributed by atoms with Gasteiger partial charge >= 0.3 is 5.97 Å². The highest BCUT2D eigenvalue weighted by molar-refractivity contribution is 7.16. The van der Waals surface area contributed by atoms with Crippen LogP contribution in [0.1, 0.15) is 53.3 Å². The fraction of sp³-hybridized carbons (Fsp3) is 0.364. The van der Waals surface area contributed by atoms with Crippen molar-refractivity contribution in [3.8, 4) is 0 Å². The Morgan fingerprint density at radius 3 is 2.73 bits per heavy atom. The van der Waals surface area contributed by atoms with E-state index in [1.54, 1.807) is 25.1 Å². The largest absolute Gasteiger partial charge is 0.462 e. The molecule has 0 spiro atoms. The fourth-order valence-corrected chi connectivity index (χ4v) is 4.52. The molecule has 0 saturated heterocycles. The number of rotatable bonds is 8. The summed E-state index contributed by atoms with van der Waals surface area (Å²) in [5, 5.41) is 3.94. The SMILES string of the molecule is CCOC(=O)c1c(NC(=O)CCCc2nc3ccccc3c(=O)[nH]2)sc(C)c1CC. The molecule has 7 nitrogen and oxygen atoms in total. The Morgan fingerprint density at radius 1 is 1.23 bits per heavy atom. The molecule has 0 aliphatic rings. The maximum atomic E-state index is 12.5. The summed E-state index contributed by atoms with van der Waals surface area (Å²) in [6.45, 7) is 5.94. The molecule has 0 radical (unpaired) electrons. The average molecular weight is 428 g/mol. The van der Waals surface area contributed by atoms with Crippen molar-refractivity contribution in [2.45, 2.75) is 46.5 Å². The number of esters is 1. The van der Waals surface area contributed by atoms with Gasteiger partial charge in [-0.15, -0.1) is 11.3 Å². The van der Waals surface area contributed by atoms with Gasteiger partial charge in [-0.1, -0.05) is 19.1 Å². The van der Waals surface area contributed by atoms with Crippen LogP contribution in [-0.4, -0.2) is 28.5 Å². The molecule has 0 saturated carbocycles. The Bertz CT molecular complexity index is 1130. The zero-order valence-electron chi connectivity index (χ0n) is 17.3. The number of carbonyl (C=O) groups excluding carboxylic acids is 2. The highest BCUT2D eigenvalue weighted by Crippen LogP contribution is 2.34. The highest BCUT2D eigenvalue weighted by Gasteiger charge is 2.23. The molecular weight excluding hydrogens is 402 g/mol. The summed E-state index contributed by atoms with van der Waals surface area (Å²) in [6, 6.07) is 7.15. The smallest absolute Gasteiger partial charge is 0.341 e. The molecule has 0 aliphatic heterocycles. The molecule has 1 amide bonds. The summed E-state index contributed by atoms with van der Waals surface area (Å²) in [5.41, 5.74) is 1.82. The number of nitrogens with one attached hydrogen (secondary N) is 2. The summed E-state index contributed by atoms with van der Waals surface area (Å²) in [7, 11) is 0. The van der Waals surface area contributed by atoms with Gasteiger partial charge in [0, 0.05) is 17.7 Å². The fourth-order valence-electron chi connectivity index (χ4n) is 3.37. The van der Waals surface area contributed by atoms with Crippen molar-refractivity contribution < 1.29 is 14.3 Å². The van der Waals surface area contributed by atoms with Gasteiger partial charge in [-0.3, -0.25) is 9.59 Å². The third kappa shape index (κ3) is 4.76. The Balaban J connectivity index is 1.65. The Kier molecular flexibility index (Phi) is 6.99. The first-order valence-corrected chi connectivity index (χ1v) is 10.8. The summed E-state index contributed by atoms with van der Waals surface area (Å²) in [5.74, 6) is -0.0431. The van der Waals surface area contributed by atoms with Crippen LogP contribution in [-0.2, 0) is 22.4 Å². The van der Waals surface area contributed by atoms with E-state index >= 15 is 0 Å². The second-order valence-electron chi connectivity index (χ2n) is 6.85. The molecule has 3 rings (SSSR count). The number of fused-ring (bicyclic) bond motifs is 1. The summed E-state index contributed by atoms with van der Waals surface area (Å²) >= 11 is 1.39. The van der Waals surface area contributed by atoms with Crippen molar-refractivity contribution in [3.63, 3.8) is 0 Å². The monoisotopic (exact) mass is 427 g/mol. The van der Waals surface area contributed by atoms with Gasteiger partial charge < -0.3 is 15.0 Å². The van der Waals surface area contributed by atoms with Crippen LogP contribution < -0.4 is 10.9 Å². The predicted molar refractivity (Wildman–Crippen MR) is 118 cm³/mol. The molecular formula is C22H25N3O4S. The van der Waals surface area contributed by atoms with E-state index in [1.165, 1.54) is 11.3 Å². The van der Waals surface area contributed by atoms with Crippen LogP contribution in [0.25, 0.3) is 10.9 Å². The van der Waals surface area contributed by atoms with Crippen molar-refractivity contribution in [1.29, 1.82) is 0 Å². The number of aromatic nitrogens is 2. The molecule has 0 aliphatic carbocycles. The number of ether oxygens (including phenoxy) is 1. The van der Waals surface area contributed by atoms with Gasteiger partial charge in [-0.2, -0.15) is 0 Å². The summed E-state index contributed by atoms with van der Waals surface area (Å²) in [4.78, 5) is 45.2. The topological polar surface area (TPSA) is 101 Å². The lowest BCUT2D eigenvalue weighted by Gasteiger charge is -2.08. The summed E-state index contributed by atoms with van der Waals surface area (Å²) < 4.78 is 5.17. The molecule has 2 N–H and O–H groups in total. The molecule has 3 aromatic rings. The average Bonchev–Trinajstić information content (AvgIpc) is 3.03. The summed E-state index contributed by atoms with van der Waals surface area (Å²) in [6.07, 6.45) is 1.93. The first-order valence-electron chi connectivity index (χ1n) is 10.0. The van der Waals surface area contributed by atoms with Crippen LogP contribution in [0, 0.1) is 6.92 Å². The quantitative estimate of drug-likeness (QED) is 0.529. The van der Waals surface area contributed by atoms with Crippen LogP contribution in [0.15, 0.2) is 29.1 Å². The zero-order chi connectivity index (χ0) is 21.7. The molecule has 0 unspecified atom stereocenters. The Hall–Kier alpha value is -3.00. The minimum absolute atomic E-state index is 0.180. The third-order valence-corrected chi connectivity index (χ3v) is 5.84. The van der Waals surface area contributed by atoms with Gasteiger partial charge in [0.15, 0.2) is 0 Å². The minimum Gasteiger partial charge on any atom is -0.462 e. The van der Waals surface area contributed by atoms with E-state index in [1.807, 2.05) is 19.9 Å². The zero-order valence-corrected chi connectivity index (χ0v) is 18.1. The second-order valence-corrected chi connectivity index (χ2v) is 8.07. The maximum absolute atomic E-state index is 12.5. The number of hydrogen-bond acceptors (Lipinski definition) is 6. The van der Waals surface area contributed by atoms with E-state index in [-0.39, 0.29) is 24.5 Å². The molecule has 8 heteroatoms. The highest BCUT2D eigenvalue weighted by atomic mass is 32.1. The van der Waals surface area contributed by atoms with Crippen LogP contribution >= 0.6 is 11.3 Å². The number of para-hydroxylation sites is 1. The van der Waals surface area contributed by atoms with Gasteiger partial charge in [0.2, 0.25) is 5.91 Å². The maximum Gasteiger partial charge on any atom is 0.341 e. The number of nitrogens with zero attached hydrogens (tertiary/aromatic N) is 1. The van der Waals surface area contributed by atoms with Crippen molar-refractivity contribution in [2.75, 3.05) is 11.9 Å². The first kappa shape index (κ1) is 21.7. The minimum atomic E-state index is -0.410. The lowest BCUT2D eigenvalue weighted by molar-refractivity contribution is -0.116. The van der Waals surface area contributed by atoms with Gasteiger partial charge in [0.1, 0.15) is 10.8 Å². The second kappa shape index (κ2) is 9.67. The van der Waals surface area contributed by atoms with Crippen LogP contribution in [0.2, 0.25) is 0 Å².